The topological polar surface area (TPSA) is 49.4 Å². The Morgan fingerprint density at radius 2 is 1.90 bits per heavy atom. The molecule has 1 heterocycles. The average Bonchev–Trinajstić information content (AvgIpc) is 2.49. The molecule has 0 spiro atoms. The van der Waals surface area contributed by atoms with Crippen LogP contribution in [0.15, 0.2) is 30.3 Å². The van der Waals surface area contributed by atoms with E-state index in [9.17, 15) is 9.59 Å². The van der Waals surface area contributed by atoms with Gasteiger partial charge in [0.1, 0.15) is 6.04 Å². The van der Waals surface area contributed by atoms with Gasteiger partial charge in [0.25, 0.3) is 0 Å². The van der Waals surface area contributed by atoms with E-state index in [1.807, 2.05) is 51.1 Å². The molecule has 4 nitrogen and oxygen atoms in total. The fourth-order valence-electron chi connectivity index (χ4n) is 2.48. The molecule has 2 rings (SSSR count). The maximum atomic E-state index is 12.6. The Morgan fingerprint density at radius 1 is 1.24 bits per heavy atom. The number of carbonyl (C=O) groups excluding carboxylic acids is 2. The van der Waals surface area contributed by atoms with E-state index in [2.05, 4.69) is 5.32 Å². The summed E-state index contributed by atoms with van der Waals surface area (Å²) in [5.74, 6) is 0.161. The highest BCUT2D eigenvalue weighted by Crippen LogP contribution is 2.21. The smallest absolute Gasteiger partial charge is 0.249 e. The van der Waals surface area contributed by atoms with Crippen molar-refractivity contribution in [3.63, 3.8) is 0 Å². The number of benzene rings is 1. The predicted molar refractivity (Wildman–Crippen MR) is 84.0 cm³/mol. The van der Waals surface area contributed by atoms with Crippen molar-refractivity contribution < 1.29 is 9.59 Å². The van der Waals surface area contributed by atoms with E-state index in [0.29, 0.717) is 0 Å². The summed E-state index contributed by atoms with van der Waals surface area (Å²) in [5.41, 5.74) is 0.901. The number of nitrogens with zero attached hydrogens (tertiary/aromatic N) is 1. The summed E-state index contributed by atoms with van der Waals surface area (Å²) in [7, 11) is 0. The van der Waals surface area contributed by atoms with E-state index in [1.165, 1.54) is 0 Å². The summed E-state index contributed by atoms with van der Waals surface area (Å²) in [6.45, 7) is 6.66. The normalized spacial score (nSPS) is 20.5. The highest BCUT2D eigenvalue weighted by Gasteiger charge is 2.31. The first-order valence-corrected chi connectivity index (χ1v) is 7.67. The number of nitrogens with one attached hydrogen (secondary N) is 1. The summed E-state index contributed by atoms with van der Waals surface area (Å²) in [6.07, 6.45) is 1.63. The maximum absolute atomic E-state index is 12.6. The summed E-state index contributed by atoms with van der Waals surface area (Å²) in [6, 6.07) is 9.24. The molecule has 1 saturated heterocycles. The van der Waals surface area contributed by atoms with Crippen LogP contribution in [0.4, 0.5) is 5.69 Å². The predicted octanol–water partition coefficient (Wildman–Crippen LogP) is 2.59. The molecule has 2 unspecified atom stereocenters. The molecular weight excluding hydrogens is 264 g/mol. The standard InChI is InChI=1S/C17H24N2O2/c1-12(2)13(3)16(20)18-15-10-7-11-19(17(15)21)14-8-5-4-6-9-14/h4-6,8-9,12-13,15H,7,10-11H2,1-3H3,(H,18,20). The van der Waals surface area contributed by atoms with Gasteiger partial charge in [-0.25, -0.2) is 0 Å². The monoisotopic (exact) mass is 288 g/mol. The highest BCUT2D eigenvalue weighted by molar-refractivity contribution is 6.00. The zero-order chi connectivity index (χ0) is 15.4. The Labute approximate surface area is 126 Å². The van der Waals surface area contributed by atoms with E-state index < -0.39 is 6.04 Å². The van der Waals surface area contributed by atoms with Crippen LogP contribution in [-0.2, 0) is 9.59 Å². The number of rotatable bonds is 4. The first-order chi connectivity index (χ1) is 10.0. The van der Waals surface area contributed by atoms with Crippen LogP contribution in [0.2, 0.25) is 0 Å². The van der Waals surface area contributed by atoms with Crippen LogP contribution in [0, 0.1) is 11.8 Å². The molecule has 1 N–H and O–H groups in total. The maximum Gasteiger partial charge on any atom is 0.249 e. The van der Waals surface area contributed by atoms with E-state index >= 15 is 0 Å². The Bertz CT molecular complexity index is 499. The van der Waals surface area contributed by atoms with Gasteiger partial charge in [-0.15, -0.1) is 0 Å². The molecule has 1 aliphatic heterocycles. The molecule has 0 aliphatic carbocycles. The van der Waals surface area contributed by atoms with Gasteiger partial charge in [-0.05, 0) is 30.9 Å². The number of hydrogen-bond acceptors (Lipinski definition) is 2. The van der Waals surface area contributed by atoms with Crippen molar-refractivity contribution in [2.24, 2.45) is 11.8 Å². The Kier molecular flexibility index (Phi) is 4.99. The van der Waals surface area contributed by atoms with Crippen LogP contribution in [-0.4, -0.2) is 24.4 Å². The summed E-state index contributed by atoms with van der Waals surface area (Å²) in [5, 5.41) is 2.92. The van der Waals surface area contributed by atoms with Gasteiger partial charge in [-0.2, -0.15) is 0 Å². The Hall–Kier alpha value is -1.84. The quantitative estimate of drug-likeness (QED) is 0.926. The van der Waals surface area contributed by atoms with Gasteiger partial charge < -0.3 is 10.2 Å². The molecule has 0 radical (unpaired) electrons. The van der Waals surface area contributed by atoms with Gasteiger partial charge in [0.05, 0.1) is 0 Å². The second kappa shape index (κ2) is 6.74. The van der Waals surface area contributed by atoms with Gasteiger partial charge in [0.2, 0.25) is 11.8 Å². The molecule has 114 valence electrons. The second-order valence-corrected chi connectivity index (χ2v) is 6.06. The number of anilines is 1. The zero-order valence-electron chi connectivity index (χ0n) is 13.0. The summed E-state index contributed by atoms with van der Waals surface area (Å²) < 4.78 is 0. The van der Waals surface area contributed by atoms with Crippen molar-refractivity contribution >= 4 is 17.5 Å². The van der Waals surface area contributed by atoms with Crippen molar-refractivity contribution in [2.45, 2.75) is 39.7 Å². The van der Waals surface area contributed by atoms with E-state index in [4.69, 9.17) is 0 Å². The zero-order valence-corrected chi connectivity index (χ0v) is 13.0. The molecule has 2 atom stereocenters. The van der Waals surface area contributed by atoms with Crippen molar-refractivity contribution in [1.82, 2.24) is 5.32 Å². The molecule has 2 amide bonds. The molecule has 1 aromatic rings. The van der Waals surface area contributed by atoms with Crippen LogP contribution in [0.25, 0.3) is 0 Å². The molecule has 0 aromatic heterocycles. The van der Waals surface area contributed by atoms with Crippen LogP contribution in [0.5, 0.6) is 0 Å². The van der Waals surface area contributed by atoms with Crippen LogP contribution >= 0.6 is 0 Å². The van der Waals surface area contributed by atoms with Crippen molar-refractivity contribution in [3.8, 4) is 0 Å². The number of para-hydroxylation sites is 1. The van der Waals surface area contributed by atoms with Gasteiger partial charge >= 0.3 is 0 Å². The van der Waals surface area contributed by atoms with Gasteiger partial charge in [-0.1, -0.05) is 39.0 Å². The molecule has 0 bridgehead atoms. The molecule has 1 aromatic carbocycles. The lowest BCUT2D eigenvalue weighted by Crippen LogP contribution is -2.53. The lowest BCUT2D eigenvalue weighted by Gasteiger charge is -2.33. The van der Waals surface area contributed by atoms with Crippen molar-refractivity contribution in [3.05, 3.63) is 30.3 Å². The Balaban J connectivity index is 2.05. The van der Waals surface area contributed by atoms with Crippen LogP contribution < -0.4 is 10.2 Å². The van der Waals surface area contributed by atoms with Gasteiger partial charge in [0, 0.05) is 18.2 Å². The second-order valence-electron chi connectivity index (χ2n) is 6.06. The lowest BCUT2D eigenvalue weighted by atomic mass is 9.96. The van der Waals surface area contributed by atoms with E-state index in [-0.39, 0.29) is 23.7 Å². The van der Waals surface area contributed by atoms with Gasteiger partial charge in [0.15, 0.2) is 0 Å². The van der Waals surface area contributed by atoms with E-state index in [1.54, 1.807) is 4.90 Å². The fraction of sp³-hybridized carbons (Fsp3) is 0.529. The summed E-state index contributed by atoms with van der Waals surface area (Å²) in [4.78, 5) is 26.5. The third-order valence-electron chi connectivity index (χ3n) is 4.24. The largest absolute Gasteiger partial charge is 0.344 e. The number of piperidine rings is 1. The highest BCUT2D eigenvalue weighted by atomic mass is 16.2. The van der Waals surface area contributed by atoms with Crippen molar-refractivity contribution in [1.29, 1.82) is 0 Å². The van der Waals surface area contributed by atoms with Crippen LogP contribution in [0.1, 0.15) is 33.6 Å². The molecule has 1 fully saturated rings. The number of hydrogen-bond donors (Lipinski definition) is 1. The first-order valence-electron chi connectivity index (χ1n) is 7.67. The van der Waals surface area contributed by atoms with Crippen LogP contribution in [0.3, 0.4) is 0 Å². The minimum Gasteiger partial charge on any atom is -0.344 e. The number of amides is 2. The Morgan fingerprint density at radius 3 is 2.52 bits per heavy atom. The molecule has 0 saturated carbocycles. The number of carbonyl (C=O) groups is 2. The lowest BCUT2D eigenvalue weighted by molar-refractivity contribution is -0.131. The molecular formula is C17H24N2O2. The first kappa shape index (κ1) is 15.5. The summed E-state index contributed by atoms with van der Waals surface area (Å²) >= 11 is 0. The SMILES string of the molecule is CC(C)C(C)C(=O)NC1CCCN(c2ccccc2)C1=O. The average molecular weight is 288 g/mol. The van der Waals surface area contributed by atoms with E-state index in [0.717, 1.165) is 25.1 Å². The fourth-order valence-corrected chi connectivity index (χ4v) is 2.48. The third kappa shape index (κ3) is 3.63. The molecule has 1 aliphatic rings. The minimum atomic E-state index is -0.396. The third-order valence-corrected chi connectivity index (χ3v) is 4.24. The van der Waals surface area contributed by atoms with Crippen molar-refractivity contribution in [2.75, 3.05) is 11.4 Å². The minimum absolute atomic E-state index is 0.00300. The molecule has 4 heteroatoms. The molecule has 21 heavy (non-hydrogen) atoms. The van der Waals surface area contributed by atoms with Gasteiger partial charge in [-0.3, -0.25) is 9.59 Å².